The van der Waals surface area contributed by atoms with E-state index in [9.17, 15) is 0 Å². The Bertz CT molecular complexity index is 542. The van der Waals surface area contributed by atoms with Crippen molar-refractivity contribution < 1.29 is 0 Å². The highest BCUT2D eigenvalue weighted by Gasteiger charge is 2.18. The first kappa shape index (κ1) is 14.1. The molecule has 0 fully saturated rings. The van der Waals surface area contributed by atoms with E-state index in [1.54, 1.807) is 0 Å². The molecule has 1 aliphatic heterocycles. The van der Waals surface area contributed by atoms with Crippen LogP contribution in [-0.4, -0.2) is 18.1 Å². The predicted molar refractivity (Wildman–Crippen MR) is 90.5 cm³/mol. The van der Waals surface area contributed by atoms with Gasteiger partial charge in [-0.1, -0.05) is 42.5 Å². The minimum Gasteiger partial charge on any atom is -0.308 e. The van der Waals surface area contributed by atoms with Crippen molar-refractivity contribution in [2.75, 3.05) is 18.1 Å². The Kier molecular flexibility index (Phi) is 5.06. The molecule has 0 saturated carbocycles. The lowest BCUT2D eigenvalue weighted by Gasteiger charge is -2.26. The van der Waals surface area contributed by atoms with Crippen LogP contribution in [0.25, 0.3) is 0 Å². The van der Waals surface area contributed by atoms with E-state index in [2.05, 4.69) is 59.9 Å². The Morgan fingerprint density at radius 2 is 1.85 bits per heavy atom. The number of fused-ring (bicyclic) bond motifs is 1. The number of hydrogen-bond donors (Lipinski definition) is 1. The summed E-state index contributed by atoms with van der Waals surface area (Å²) < 4.78 is 0. The van der Waals surface area contributed by atoms with Gasteiger partial charge in [-0.05, 0) is 23.3 Å². The number of benzene rings is 2. The molecule has 0 radical (unpaired) electrons. The molecule has 3 heteroatoms. The first-order valence-electron chi connectivity index (χ1n) is 7.00. The molecule has 0 aromatic heterocycles. The molecule has 1 aliphatic rings. The van der Waals surface area contributed by atoms with E-state index in [1.807, 2.05) is 23.5 Å². The molecular weight excluding hydrogens is 282 g/mol. The number of hydrogen-bond acceptors (Lipinski definition) is 3. The maximum absolute atomic E-state index is 3.71. The largest absolute Gasteiger partial charge is 0.308 e. The second kappa shape index (κ2) is 7.21. The van der Waals surface area contributed by atoms with Crippen LogP contribution in [0.3, 0.4) is 0 Å². The summed E-state index contributed by atoms with van der Waals surface area (Å²) in [4.78, 5) is 1.35. The van der Waals surface area contributed by atoms with E-state index in [1.165, 1.54) is 21.8 Å². The molecule has 1 atom stereocenters. The Morgan fingerprint density at radius 1 is 1.05 bits per heavy atom. The average Bonchev–Trinajstić information content (AvgIpc) is 2.53. The summed E-state index contributed by atoms with van der Waals surface area (Å²) in [5.74, 6) is 3.47. The number of nitrogens with one attached hydrogen (secondary N) is 1. The average molecular weight is 301 g/mol. The Morgan fingerprint density at radius 3 is 2.75 bits per heavy atom. The molecule has 3 rings (SSSR count). The van der Waals surface area contributed by atoms with Gasteiger partial charge >= 0.3 is 0 Å². The van der Waals surface area contributed by atoms with E-state index in [0.717, 1.165) is 18.1 Å². The first-order valence-corrected chi connectivity index (χ1v) is 9.14. The van der Waals surface area contributed by atoms with Crippen molar-refractivity contribution in [1.82, 2.24) is 5.32 Å². The van der Waals surface area contributed by atoms with Crippen molar-refractivity contribution in [3.8, 4) is 0 Å². The molecular formula is C17H19NS2. The van der Waals surface area contributed by atoms with Crippen molar-refractivity contribution >= 4 is 23.5 Å². The summed E-state index contributed by atoms with van der Waals surface area (Å²) in [6.07, 6.45) is 0. The Labute approximate surface area is 129 Å². The normalized spacial score (nSPS) is 17.7. The van der Waals surface area contributed by atoms with Crippen LogP contribution >= 0.6 is 23.5 Å². The molecule has 0 aliphatic carbocycles. The first-order chi connectivity index (χ1) is 9.93. The molecule has 0 amide bonds. The van der Waals surface area contributed by atoms with Crippen molar-refractivity contribution in [3.05, 3.63) is 65.7 Å². The van der Waals surface area contributed by atoms with Gasteiger partial charge in [0, 0.05) is 34.7 Å². The fraction of sp³-hybridized carbons (Fsp3) is 0.294. The molecule has 0 bridgehead atoms. The van der Waals surface area contributed by atoms with Gasteiger partial charge in [0.2, 0.25) is 0 Å². The van der Waals surface area contributed by atoms with Gasteiger partial charge in [-0.3, -0.25) is 0 Å². The Hall–Kier alpha value is -0.900. The van der Waals surface area contributed by atoms with E-state index in [4.69, 9.17) is 0 Å². The maximum atomic E-state index is 3.71. The number of thioether (sulfide) groups is 2. The summed E-state index contributed by atoms with van der Waals surface area (Å²) >= 11 is 3.95. The third-order valence-corrected chi connectivity index (χ3v) is 5.58. The molecule has 0 spiro atoms. The van der Waals surface area contributed by atoms with E-state index in [0.29, 0.717) is 6.04 Å². The summed E-state index contributed by atoms with van der Waals surface area (Å²) in [6, 6.07) is 20.0. The summed E-state index contributed by atoms with van der Waals surface area (Å²) in [5.41, 5.74) is 2.99. The van der Waals surface area contributed by atoms with Gasteiger partial charge in [-0.2, -0.15) is 11.8 Å². The van der Waals surface area contributed by atoms with Gasteiger partial charge in [0.15, 0.2) is 0 Å². The maximum Gasteiger partial charge on any atom is 0.0415 e. The zero-order valence-electron chi connectivity index (χ0n) is 11.4. The molecule has 2 aromatic rings. The van der Waals surface area contributed by atoms with Crippen LogP contribution in [0.1, 0.15) is 17.2 Å². The van der Waals surface area contributed by atoms with Crippen LogP contribution in [0.15, 0.2) is 59.5 Å². The van der Waals surface area contributed by atoms with Gasteiger partial charge in [0.05, 0.1) is 0 Å². The molecule has 0 saturated heterocycles. The van der Waals surface area contributed by atoms with Crippen molar-refractivity contribution in [2.24, 2.45) is 0 Å². The smallest absolute Gasteiger partial charge is 0.0415 e. The third kappa shape index (κ3) is 3.60. The van der Waals surface area contributed by atoms with Crippen LogP contribution in [-0.2, 0) is 5.75 Å². The summed E-state index contributed by atoms with van der Waals surface area (Å²) in [7, 11) is 0. The van der Waals surface area contributed by atoms with Crippen LogP contribution < -0.4 is 5.32 Å². The van der Waals surface area contributed by atoms with Crippen molar-refractivity contribution in [1.29, 1.82) is 0 Å². The minimum atomic E-state index is 0.515. The van der Waals surface area contributed by atoms with Crippen LogP contribution in [0.2, 0.25) is 0 Å². The highest BCUT2D eigenvalue weighted by Crippen LogP contribution is 2.31. The van der Waals surface area contributed by atoms with Crippen molar-refractivity contribution in [2.45, 2.75) is 16.7 Å². The van der Waals surface area contributed by atoms with E-state index < -0.39 is 0 Å². The molecule has 1 unspecified atom stereocenters. The van der Waals surface area contributed by atoms with Crippen LogP contribution in [0, 0.1) is 0 Å². The molecule has 104 valence electrons. The zero-order valence-corrected chi connectivity index (χ0v) is 13.1. The molecule has 1 heterocycles. The second-order valence-electron chi connectivity index (χ2n) is 4.88. The SMILES string of the molecule is c1ccc(SCCNC2CSCc3ccccc32)cc1. The topological polar surface area (TPSA) is 12.0 Å². The molecule has 1 N–H and O–H groups in total. The fourth-order valence-corrected chi connectivity index (χ4v) is 4.41. The third-order valence-electron chi connectivity index (χ3n) is 3.48. The lowest BCUT2D eigenvalue weighted by atomic mass is 10.0. The van der Waals surface area contributed by atoms with E-state index >= 15 is 0 Å². The van der Waals surface area contributed by atoms with Crippen LogP contribution in [0.4, 0.5) is 0 Å². The highest BCUT2D eigenvalue weighted by atomic mass is 32.2. The minimum absolute atomic E-state index is 0.515. The molecule has 20 heavy (non-hydrogen) atoms. The summed E-state index contributed by atoms with van der Waals surface area (Å²) in [5, 5.41) is 3.71. The standard InChI is InChI=1S/C17H19NS2/c1-2-7-15(8-3-1)20-11-10-18-17-13-19-12-14-6-4-5-9-16(14)17/h1-9,17-18H,10-13H2. The number of rotatable bonds is 5. The van der Waals surface area contributed by atoms with Gasteiger partial charge < -0.3 is 5.32 Å². The van der Waals surface area contributed by atoms with Gasteiger partial charge in [-0.15, -0.1) is 11.8 Å². The van der Waals surface area contributed by atoms with Crippen molar-refractivity contribution in [3.63, 3.8) is 0 Å². The molecule has 2 aromatic carbocycles. The quantitative estimate of drug-likeness (QED) is 0.651. The lowest BCUT2D eigenvalue weighted by Crippen LogP contribution is -2.28. The molecule has 1 nitrogen and oxygen atoms in total. The summed E-state index contributed by atoms with van der Waals surface area (Å²) in [6.45, 7) is 1.05. The fourth-order valence-electron chi connectivity index (χ4n) is 2.47. The highest BCUT2D eigenvalue weighted by molar-refractivity contribution is 7.99. The van der Waals surface area contributed by atoms with Gasteiger partial charge in [0.25, 0.3) is 0 Å². The second-order valence-corrected chi connectivity index (χ2v) is 7.08. The zero-order chi connectivity index (χ0) is 13.6. The van der Waals surface area contributed by atoms with Gasteiger partial charge in [0.1, 0.15) is 0 Å². The van der Waals surface area contributed by atoms with Gasteiger partial charge in [-0.25, -0.2) is 0 Å². The van der Waals surface area contributed by atoms with Crippen LogP contribution in [0.5, 0.6) is 0 Å². The lowest BCUT2D eigenvalue weighted by molar-refractivity contribution is 0.601. The van der Waals surface area contributed by atoms with E-state index in [-0.39, 0.29) is 0 Å². The predicted octanol–water partition coefficient (Wildman–Crippen LogP) is 4.36. The Balaban J connectivity index is 1.50. The monoisotopic (exact) mass is 301 g/mol.